The Kier molecular flexibility index (Phi) is 4.09. The molecule has 1 aromatic carbocycles. The van der Waals surface area contributed by atoms with Crippen LogP contribution in [0.15, 0.2) is 36.7 Å². The Bertz CT molecular complexity index is 483. The van der Waals surface area contributed by atoms with Crippen molar-refractivity contribution < 1.29 is 9.47 Å². The first-order valence-electron chi connectivity index (χ1n) is 5.73. The molecule has 0 fully saturated rings. The van der Waals surface area contributed by atoms with Crippen LogP contribution in [-0.2, 0) is 6.54 Å². The first kappa shape index (κ1) is 12.3. The van der Waals surface area contributed by atoms with Crippen LogP contribution in [0.5, 0.6) is 17.4 Å². The van der Waals surface area contributed by atoms with Gasteiger partial charge in [-0.1, -0.05) is 0 Å². The van der Waals surface area contributed by atoms with Crippen molar-refractivity contribution in [3.8, 4) is 17.4 Å². The Morgan fingerprint density at radius 1 is 1.06 bits per heavy atom. The fourth-order valence-corrected chi connectivity index (χ4v) is 1.39. The van der Waals surface area contributed by atoms with Gasteiger partial charge in [0.1, 0.15) is 11.5 Å². The number of aromatic nitrogens is 2. The van der Waals surface area contributed by atoms with Crippen molar-refractivity contribution in [2.75, 3.05) is 6.61 Å². The molecule has 1 heterocycles. The van der Waals surface area contributed by atoms with Crippen LogP contribution in [0.4, 0.5) is 0 Å². The van der Waals surface area contributed by atoms with E-state index in [0.717, 1.165) is 11.4 Å². The first-order chi connectivity index (χ1) is 8.81. The van der Waals surface area contributed by atoms with Crippen molar-refractivity contribution in [2.24, 2.45) is 5.73 Å². The molecule has 0 saturated heterocycles. The smallest absolute Gasteiger partial charge is 0.237 e. The van der Waals surface area contributed by atoms with Gasteiger partial charge in [0.15, 0.2) is 0 Å². The van der Waals surface area contributed by atoms with E-state index < -0.39 is 0 Å². The first-order valence-corrected chi connectivity index (χ1v) is 5.73. The van der Waals surface area contributed by atoms with E-state index in [1.54, 1.807) is 12.4 Å². The van der Waals surface area contributed by atoms with E-state index in [9.17, 15) is 0 Å². The lowest BCUT2D eigenvalue weighted by molar-refractivity contribution is 0.339. The molecule has 0 bridgehead atoms. The number of nitrogens with zero attached hydrogens (tertiary/aromatic N) is 2. The minimum absolute atomic E-state index is 0.371. The Morgan fingerprint density at radius 3 is 2.33 bits per heavy atom. The summed E-state index contributed by atoms with van der Waals surface area (Å²) in [5, 5.41) is 0. The third-order valence-electron chi connectivity index (χ3n) is 2.25. The molecular formula is C13H15N3O2. The molecule has 0 atom stereocenters. The predicted molar refractivity (Wildman–Crippen MR) is 67.6 cm³/mol. The summed E-state index contributed by atoms with van der Waals surface area (Å²) in [6.45, 7) is 2.96. The second kappa shape index (κ2) is 5.97. The molecule has 2 aromatic rings. The highest BCUT2D eigenvalue weighted by molar-refractivity contribution is 5.33. The van der Waals surface area contributed by atoms with E-state index in [0.29, 0.717) is 24.8 Å². The van der Waals surface area contributed by atoms with Gasteiger partial charge in [-0.2, -0.15) is 0 Å². The molecule has 2 rings (SSSR count). The lowest BCUT2D eigenvalue weighted by Gasteiger charge is -2.06. The van der Waals surface area contributed by atoms with Crippen LogP contribution in [0.25, 0.3) is 0 Å². The highest BCUT2D eigenvalue weighted by Gasteiger charge is 2.00. The van der Waals surface area contributed by atoms with E-state index in [1.165, 1.54) is 0 Å². The van der Waals surface area contributed by atoms with Gasteiger partial charge < -0.3 is 15.2 Å². The van der Waals surface area contributed by atoms with Crippen LogP contribution < -0.4 is 15.2 Å². The zero-order valence-corrected chi connectivity index (χ0v) is 10.2. The summed E-state index contributed by atoms with van der Waals surface area (Å²) in [7, 11) is 0. The molecule has 0 spiro atoms. The topological polar surface area (TPSA) is 70.3 Å². The maximum Gasteiger partial charge on any atom is 0.237 e. The average molecular weight is 245 g/mol. The minimum atomic E-state index is 0.371. The van der Waals surface area contributed by atoms with Crippen LogP contribution in [0.1, 0.15) is 12.6 Å². The highest BCUT2D eigenvalue weighted by Crippen LogP contribution is 2.21. The van der Waals surface area contributed by atoms with Gasteiger partial charge in [0.05, 0.1) is 24.7 Å². The highest BCUT2D eigenvalue weighted by atomic mass is 16.5. The predicted octanol–water partition coefficient (Wildman–Crippen LogP) is 2.13. The molecule has 0 aliphatic rings. The third-order valence-corrected chi connectivity index (χ3v) is 2.25. The van der Waals surface area contributed by atoms with Crippen molar-refractivity contribution in [1.82, 2.24) is 9.97 Å². The number of ether oxygens (including phenoxy) is 2. The molecule has 0 radical (unpaired) electrons. The van der Waals surface area contributed by atoms with Crippen LogP contribution in [0.2, 0.25) is 0 Å². The summed E-state index contributed by atoms with van der Waals surface area (Å²) >= 11 is 0. The molecule has 0 amide bonds. The number of benzene rings is 1. The summed E-state index contributed by atoms with van der Waals surface area (Å²) in [6.07, 6.45) is 3.16. The molecule has 5 heteroatoms. The monoisotopic (exact) mass is 245 g/mol. The molecular weight excluding hydrogens is 230 g/mol. The van der Waals surface area contributed by atoms with Crippen molar-refractivity contribution in [3.63, 3.8) is 0 Å². The Morgan fingerprint density at radius 2 is 1.78 bits per heavy atom. The molecule has 5 nitrogen and oxygen atoms in total. The fraction of sp³-hybridized carbons (Fsp3) is 0.231. The Hall–Kier alpha value is -2.14. The quantitative estimate of drug-likeness (QED) is 0.873. The van der Waals surface area contributed by atoms with Crippen molar-refractivity contribution in [3.05, 3.63) is 42.4 Å². The fourth-order valence-electron chi connectivity index (χ4n) is 1.39. The summed E-state index contributed by atoms with van der Waals surface area (Å²) in [5.74, 6) is 1.94. The van der Waals surface area contributed by atoms with Crippen molar-refractivity contribution in [1.29, 1.82) is 0 Å². The van der Waals surface area contributed by atoms with Crippen molar-refractivity contribution in [2.45, 2.75) is 13.5 Å². The summed E-state index contributed by atoms with van der Waals surface area (Å²) in [5.41, 5.74) is 6.17. The average Bonchev–Trinajstić information content (AvgIpc) is 2.42. The minimum Gasteiger partial charge on any atom is -0.494 e. The molecule has 0 aliphatic heterocycles. The number of nitrogens with two attached hydrogens (primary N) is 1. The second-order valence-electron chi connectivity index (χ2n) is 3.56. The Balaban J connectivity index is 2.03. The molecule has 0 saturated carbocycles. The van der Waals surface area contributed by atoms with Crippen LogP contribution in [0.3, 0.4) is 0 Å². The van der Waals surface area contributed by atoms with E-state index in [-0.39, 0.29) is 0 Å². The maximum atomic E-state index is 5.54. The zero-order valence-electron chi connectivity index (χ0n) is 10.2. The second-order valence-corrected chi connectivity index (χ2v) is 3.56. The van der Waals surface area contributed by atoms with Crippen LogP contribution in [0, 0.1) is 0 Å². The van der Waals surface area contributed by atoms with Crippen LogP contribution >= 0.6 is 0 Å². The molecule has 94 valence electrons. The third kappa shape index (κ3) is 3.18. The standard InChI is InChI=1S/C13H15N3O2/c1-2-17-11-3-5-12(6-4-11)18-13-9-15-10(7-14)8-16-13/h3-6,8-9H,2,7,14H2,1H3. The van der Waals surface area contributed by atoms with E-state index >= 15 is 0 Å². The summed E-state index contributed by atoms with van der Waals surface area (Å²) in [6, 6.07) is 7.34. The van der Waals surface area contributed by atoms with Crippen molar-refractivity contribution >= 4 is 0 Å². The van der Waals surface area contributed by atoms with Gasteiger partial charge >= 0.3 is 0 Å². The van der Waals surface area contributed by atoms with Gasteiger partial charge in [0.25, 0.3) is 0 Å². The van der Waals surface area contributed by atoms with E-state index in [2.05, 4.69) is 9.97 Å². The zero-order chi connectivity index (χ0) is 12.8. The van der Waals surface area contributed by atoms with E-state index in [4.69, 9.17) is 15.2 Å². The summed E-state index contributed by atoms with van der Waals surface area (Å²) in [4.78, 5) is 8.21. The van der Waals surface area contributed by atoms with Gasteiger partial charge in [0, 0.05) is 6.54 Å². The van der Waals surface area contributed by atoms with Gasteiger partial charge in [0.2, 0.25) is 5.88 Å². The van der Waals surface area contributed by atoms with E-state index in [1.807, 2.05) is 31.2 Å². The largest absolute Gasteiger partial charge is 0.494 e. The van der Waals surface area contributed by atoms with Crippen LogP contribution in [-0.4, -0.2) is 16.6 Å². The van der Waals surface area contributed by atoms with Gasteiger partial charge in [-0.05, 0) is 31.2 Å². The number of hydrogen-bond donors (Lipinski definition) is 1. The van der Waals surface area contributed by atoms with Gasteiger partial charge in [-0.25, -0.2) is 4.98 Å². The van der Waals surface area contributed by atoms with Gasteiger partial charge in [-0.3, -0.25) is 4.98 Å². The molecule has 2 N–H and O–H groups in total. The molecule has 1 aromatic heterocycles. The molecule has 18 heavy (non-hydrogen) atoms. The lowest BCUT2D eigenvalue weighted by Crippen LogP contribution is -2.00. The van der Waals surface area contributed by atoms with Gasteiger partial charge in [-0.15, -0.1) is 0 Å². The number of hydrogen-bond acceptors (Lipinski definition) is 5. The number of rotatable bonds is 5. The molecule has 0 aliphatic carbocycles. The summed E-state index contributed by atoms with van der Waals surface area (Å²) < 4.78 is 10.9. The Labute approximate surface area is 106 Å². The SMILES string of the molecule is CCOc1ccc(Oc2cnc(CN)cn2)cc1. The lowest BCUT2D eigenvalue weighted by atomic mass is 10.3. The normalized spacial score (nSPS) is 10.1. The molecule has 0 unspecified atom stereocenters. The maximum absolute atomic E-state index is 5.54.